The molecule has 0 unspecified atom stereocenters. The second-order valence-corrected chi connectivity index (χ2v) is 10.9. The van der Waals surface area contributed by atoms with E-state index in [1.165, 1.54) is 50.5 Å². The molecule has 2 saturated carbocycles. The Hall–Kier alpha value is -2.22. The lowest BCUT2D eigenvalue weighted by atomic mass is 9.68. The average Bonchev–Trinajstić information content (AvgIpc) is 3.44. The van der Waals surface area contributed by atoms with Gasteiger partial charge < -0.3 is 9.73 Å². The number of nitrogens with zero attached hydrogens (tertiary/aromatic N) is 4. The third-order valence-electron chi connectivity index (χ3n) is 8.73. The summed E-state index contributed by atoms with van der Waals surface area (Å²) in [6.07, 6.45) is 11.9. The summed E-state index contributed by atoms with van der Waals surface area (Å²) in [5, 5.41) is 2.97. The number of hydrogen-bond acceptors (Lipinski definition) is 6. The number of hydrogen-bond donors (Lipinski definition) is 1. The number of aromatic nitrogens is 1. The average molecular weight is 466 g/mol. The van der Waals surface area contributed by atoms with E-state index in [0.29, 0.717) is 19.0 Å². The summed E-state index contributed by atoms with van der Waals surface area (Å²) in [4.78, 5) is 24.3. The van der Waals surface area contributed by atoms with Gasteiger partial charge in [-0.3, -0.25) is 19.5 Å². The van der Waals surface area contributed by atoms with Crippen molar-refractivity contribution in [1.29, 1.82) is 0 Å². The molecule has 2 aliphatic carbocycles. The van der Waals surface area contributed by atoms with Gasteiger partial charge in [-0.15, -0.1) is 0 Å². The van der Waals surface area contributed by atoms with Crippen LogP contribution in [0, 0.1) is 5.92 Å². The number of carbonyl (C=O) groups excluding carboxylic acids is 1. The fourth-order valence-electron chi connectivity index (χ4n) is 6.42. The van der Waals surface area contributed by atoms with E-state index in [4.69, 9.17) is 4.42 Å². The molecule has 5 rings (SSSR count). The summed E-state index contributed by atoms with van der Waals surface area (Å²) in [5.74, 6) is 1.41. The minimum Gasteiger partial charge on any atom is -0.447 e. The van der Waals surface area contributed by atoms with E-state index >= 15 is 0 Å². The molecular weight excluding hydrogens is 426 g/mol. The van der Waals surface area contributed by atoms with Crippen LogP contribution >= 0.6 is 0 Å². The van der Waals surface area contributed by atoms with Gasteiger partial charge in [-0.05, 0) is 64.1 Å². The maximum absolute atomic E-state index is 12.7. The second-order valence-electron chi connectivity index (χ2n) is 10.9. The lowest BCUT2D eigenvalue weighted by molar-refractivity contribution is -0.122. The molecule has 1 N–H and O–H groups in total. The highest BCUT2D eigenvalue weighted by Gasteiger charge is 2.51. The quantitative estimate of drug-likeness (QED) is 0.644. The number of carbonyl (C=O) groups is 1. The van der Waals surface area contributed by atoms with Crippen molar-refractivity contribution in [3.8, 4) is 0 Å². The van der Waals surface area contributed by atoms with Gasteiger partial charge in [0.1, 0.15) is 6.26 Å². The van der Waals surface area contributed by atoms with Crippen molar-refractivity contribution in [1.82, 2.24) is 25.0 Å². The van der Waals surface area contributed by atoms with Gasteiger partial charge in [-0.1, -0.05) is 36.8 Å². The lowest BCUT2D eigenvalue weighted by Gasteiger charge is -2.52. The summed E-state index contributed by atoms with van der Waals surface area (Å²) in [5.41, 5.74) is 1.70. The standard InChI is InChI=1S/C27H39N5O2/c1-30(2)27(23-9-4-3-5-10-23)13-11-26(12-14-27)20-31(21-32(26)18-22-7-6-8-22)19-24(33)29-17-25-28-15-16-34-25/h3-5,9-10,15-16,22H,6-8,11-14,17-21H2,1-2H3,(H,29,33). The maximum atomic E-state index is 12.7. The van der Waals surface area contributed by atoms with Gasteiger partial charge in [0.2, 0.25) is 11.8 Å². The van der Waals surface area contributed by atoms with Crippen LogP contribution in [0.25, 0.3) is 0 Å². The van der Waals surface area contributed by atoms with Crippen LogP contribution in [-0.2, 0) is 16.9 Å². The molecule has 3 aliphatic rings. The predicted octanol–water partition coefficient (Wildman–Crippen LogP) is 3.44. The van der Waals surface area contributed by atoms with Crippen LogP contribution in [0.15, 0.2) is 47.2 Å². The van der Waals surface area contributed by atoms with Crippen LogP contribution in [0.3, 0.4) is 0 Å². The fraction of sp³-hybridized carbons (Fsp3) is 0.630. The van der Waals surface area contributed by atoms with Gasteiger partial charge in [0.05, 0.1) is 26.0 Å². The zero-order valence-corrected chi connectivity index (χ0v) is 20.7. The van der Waals surface area contributed by atoms with Crippen LogP contribution < -0.4 is 5.32 Å². The van der Waals surface area contributed by atoms with Crippen molar-refractivity contribution in [3.63, 3.8) is 0 Å². The molecule has 34 heavy (non-hydrogen) atoms. The van der Waals surface area contributed by atoms with Crippen molar-refractivity contribution < 1.29 is 9.21 Å². The van der Waals surface area contributed by atoms with E-state index in [1.807, 2.05) is 0 Å². The SMILES string of the molecule is CN(C)C1(c2ccccc2)CCC2(CC1)CN(CC(=O)NCc1ncco1)CN2CC1CCC1. The molecule has 7 heteroatoms. The van der Waals surface area contributed by atoms with E-state index in [-0.39, 0.29) is 17.0 Å². The summed E-state index contributed by atoms with van der Waals surface area (Å²) in [7, 11) is 4.46. The molecule has 1 aromatic carbocycles. The number of nitrogens with one attached hydrogen (secondary N) is 1. The maximum Gasteiger partial charge on any atom is 0.234 e. The summed E-state index contributed by atoms with van der Waals surface area (Å²) >= 11 is 0. The molecule has 0 atom stereocenters. The van der Waals surface area contributed by atoms with Crippen LogP contribution in [0.5, 0.6) is 0 Å². The predicted molar refractivity (Wildman–Crippen MR) is 132 cm³/mol. The number of rotatable bonds is 8. The smallest absolute Gasteiger partial charge is 0.234 e. The van der Waals surface area contributed by atoms with Gasteiger partial charge in [0.15, 0.2) is 0 Å². The first kappa shape index (κ1) is 23.5. The Morgan fingerprint density at radius 2 is 1.94 bits per heavy atom. The summed E-state index contributed by atoms with van der Waals surface area (Å²) in [6.45, 7) is 3.82. The van der Waals surface area contributed by atoms with Crippen LogP contribution in [0.2, 0.25) is 0 Å². The normalized spacial score (nSPS) is 28.4. The zero-order chi connectivity index (χ0) is 23.6. The van der Waals surface area contributed by atoms with E-state index in [9.17, 15) is 4.79 Å². The molecule has 1 amide bonds. The van der Waals surface area contributed by atoms with E-state index in [0.717, 1.165) is 32.0 Å². The zero-order valence-electron chi connectivity index (χ0n) is 20.7. The van der Waals surface area contributed by atoms with Gasteiger partial charge in [0.25, 0.3) is 0 Å². The van der Waals surface area contributed by atoms with Gasteiger partial charge in [-0.25, -0.2) is 4.98 Å². The fourth-order valence-corrected chi connectivity index (χ4v) is 6.42. The molecule has 1 aliphatic heterocycles. The van der Waals surface area contributed by atoms with Gasteiger partial charge in [-0.2, -0.15) is 0 Å². The Morgan fingerprint density at radius 1 is 1.18 bits per heavy atom. The molecule has 1 saturated heterocycles. The van der Waals surface area contributed by atoms with Gasteiger partial charge in [0, 0.05) is 24.2 Å². The third-order valence-corrected chi connectivity index (χ3v) is 8.73. The largest absolute Gasteiger partial charge is 0.447 e. The molecule has 2 heterocycles. The van der Waals surface area contributed by atoms with E-state index in [2.05, 4.69) is 69.4 Å². The Labute approximate surface area is 203 Å². The summed E-state index contributed by atoms with van der Waals surface area (Å²) < 4.78 is 5.25. The minimum atomic E-state index is 0.0431. The van der Waals surface area contributed by atoms with Crippen molar-refractivity contribution in [2.45, 2.75) is 62.6 Å². The summed E-state index contributed by atoms with van der Waals surface area (Å²) in [6, 6.07) is 11.0. The Balaban J connectivity index is 1.27. The lowest BCUT2D eigenvalue weighted by Crippen LogP contribution is -2.56. The highest BCUT2D eigenvalue weighted by atomic mass is 16.3. The van der Waals surface area contributed by atoms with Crippen LogP contribution in [0.1, 0.15) is 56.4 Å². The molecule has 1 aromatic heterocycles. The number of benzene rings is 1. The van der Waals surface area contributed by atoms with Crippen LogP contribution in [0.4, 0.5) is 0 Å². The Morgan fingerprint density at radius 3 is 2.56 bits per heavy atom. The highest BCUT2D eigenvalue weighted by Crippen LogP contribution is 2.49. The molecular formula is C27H39N5O2. The minimum absolute atomic E-state index is 0.0431. The molecule has 2 aromatic rings. The van der Waals surface area contributed by atoms with Crippen molar-refractivity contribution in [2.75, 3.05) is 40.4 Å². The monoisotopic (exact) mass is 465 g/mol. The molecule has 184 valence electrons. The first-order valence-electron chi connectivity index (χ1n) is 12.8. The topological polar surface area (TPSA) is 64.8 Å². The number of oxazole rings is 1. The van der Waals surface area contributed by atoms with E-state index < -0.39 is 0 Å². The number of amides is 1. The molecule has 0 radical (unpaired) electrons. The first-order chi connectivity index (χ1) is 16.5. The molecule has 0 bridgehead atoms. The Bertz CT molecular complexity index is 933. The second kappa shape index (κ2) is 9.80. The van der Waals surface area contributed by atoms with Gasteiger partial charge >= 0.3 is 0 Å². The van der Waals surface area contributed by atoms with Crippen LogP contribution in [-0.4, -0.2) is 71.5 Å². The first-order valence-corrected chi connectivity index (χ1v) is 12.8. The Kier molecular flexibility index (Phi) is 6.78. The molecule has 1 spiro atoms. The van der Waals surface area contributed by atoms with Crippen molar-refractivity contribution >= 4 is 5.91 Å². The van der Waals surface area contributed by atoms with Crippen molar-refractivity contribution in [3.05, 3.63) is 54.2 Å². The highest BCUT2D eigenvalue weighted by molar-refractivity contribution is 5.77. The molecule has 3 fully saturated rings. The molecule has 7 nitrogen and oxygen atoms in total. The van der Waals surface area contributed by atoms with E-state index in [1.54, 1.807) is 6.20 Å². The van der Waals surface area contributed by atoms with Crippen molar-refractivity contribution in [2.24, 2.45) is 5.92 Å². The third kappa shape index (κ3) is 4.66.